The quantitative estimate of drug-likeness (QED) is 0.567. The smallest absolute Gasteiger partial charge is 0.258 e. The molecule has 0 aromatic rings. The van der Waals surface area contributed by atoms with Gasteiger partial charge in [0, 0.05) is 18.4 Å². The topological polar surface area (TPSA) is 108 Å². The molecule has 3 N–H and O–H groups in total. The second kappa shape index (κ2) is 10.5. The average Bonchev–Trinajstić information content (AvgIpc) is 2.63. The Labute approximate surface area is 168 Å². The molecule has 0 radical (unpaired) electrons. The molecule has 3 amide bonds. The minimum atomic E-state index is -0.773. The fraction of sp³-hybridized carbons (Fsp3) is 0.800. The number of hydrogen-bond acceptors (Lipinski definition) is 5. The van der Waals surface area contributed by atoms with Gasteiger partial charge in [-0.25, -0.2) is 5.43 Å². The fourth-order valence-electron chi connectivity index (χ4n) is 3.01. The summed E-state index contributed by atoms with van der Waals surface area (Å²) >= 11 is 0. The lowest BCUT2D eigenvalue weighted by atomic mass is 9.97. The number of amides is 3. The number of hydrazine groups is 1. The molecular weight excluding hydrogens is 360 g/mol. The molecule has 0 bridgehead atoms. The standard InChI is InChI=1S/C20H36N4O4/c1-11(2)16(22-18(26)13(5)6)19(27)21-14(7)20(28)24-10-8-9-15(23-24)17(25)12(3)4/h11-16,23H,8-10H2,1-7H3,(H,21,27)(H,22,26)/t14?,15-,16?/m0/s1. The molecule has 1 fully saturated rings. The van der Waals surface area contributed by atoms with Crippen molar-refractivity contribution in [1.29, 1.82) is 0 Å². The third kappa shape index (κ3) is 6.58. The van der Waals surface area contributed by atoms with Gasteiger partial charge in [0.15, 0.2) is 5.78 Å². The third-order valence-corrected chi connectivity index (χ3v) is 4.87. The van der Waals surface area contributed by atoms with Gasteiger partial charge < -0.3 is 10.6 Å². The van der Waals surface area contributed by atoms with Crippen LogP contribution in [0.25, 0.3) is 0 Å². The Morgan fingerprint density at radius 1 is 0.893 bits per heavy atom. The van der Waals surface area contributed by atoms with E-state index in [0.717, 1.165) is 6.42 Å². The van der Waals surface area contributed by atoms with Crippen molar-refractivity contribution in [2.24, 2.45) is 17.8 Å². The number of carbonyl (C=O) groups is 4. The maximum Gasteiger partial charge on any atom is 0.258 e. The fourth-order valence-corrected chi connectivity index (χ4v) is 3.01. The molecule has 1 saturated heterocycles. The molecule has 2 unspecified atom stereocenters. The van der Waals surface area contributed by atoms with Crippen LogP contribution in [0.4, 0.5) is 0 Å². The highest BCUT2D eigenvalue weighted by Gasteiger charge is 2.33. The van der Waals surface area contributed by atoms with Crippen LogP contribution in [0.2, 0.25) is 0 Å². The third-order valence-electron chi connectivity index (χ3n) is 4.87. The van der Waals surface area contributed by atoms with Gasteiger partial charge in [0.05, 0.1) is 6.04 Å². The van der Waals surface area contributed by atoms with E-state index in [4.69, 9.17) is 0 Å². The summed E-state index contributed by atoms with van der Waals surface area (Å²) in [6, 6.07) is -1.87. The highest BCUT2D eigenvalue weighted by molar-refractivity contribution is 5.92. The van der Waals surface area contributed by atoms with Crippen LogP contribution in [0.15, 0.2) is 0 Å². The van der Waals surface area contributed by atoms with E-state index in [0.29, 0.717) is 13.0 Å². The summed E-state index contributed by atoms with van der Waals surface area (Å²) < 4.78 is 0. The van der Waals surface area contributed by atoms with Gasteiger partial charge in [-0.15, -0.1) is 0 Å². The molecule has 160 valence electrons. The Morgan fingerprint density at radius 2 is 1.50 bits per heavy atom. The highest BCUT2D eigenvalue weighted by atomic mass is 16.2. The normalized spacial score (nSPS) is 19.5. The van der Waals surface area contributed by atoms with Crippen molar-refractivity contribution in [3.8, 4) is 0 Å². The molecule has 0 saturated carbocycles. The lowest BCUT2D eigenvalue weighted by Gasteiger charge is -2.35. The Morgan fingerprint density at radius 3 is 2.00 bits per heavy atom. The van der Waals surface area contributed by atoms with Crippen LogP contribution in [-0.4, -0.2) is 53.2 Å². The maximum atomic E-state index is 12.7. The van der Waals surface area contributed by atoms with Gasteiger partial charge in [-0.3, -0.25) is 24.2 Å². The molecule has 0 aliphatic carbocycles. The molecule has 0 aromatic carbocycles. The van der Waals surface area contributed by atoms with E-state index in [1.54, 1.807) is 20.8 Å². The van der Waals surface area contributed by atoms with Gasteiger partial charge in [0.1, 0.15) is 12.1 Å². The van der Waals surface area contributed by atoms with Crippen LogP contribution in [0, 0.1) is 17.8 Å². The van der Waals surface area contributed by atoms with E-state index >= 15 is 0 Å². The van der Waals surface area contributed by atoms with Crippen LogP contribution in [0.5, 0.6) is 0 Å². The van der Waals surface area contributed by atoms with Gasteiger partial charge in [-0.2, -0.15) is 0 Å². The van der Waals surface area contributed by atoms with Crippen LogP contribution in [-0.2, 0) is 19.2 Å². The molecule has 1 aliphatic heterocycles. The summed E-state index contributed by atoms with van der Waals surface area (Å²) in [6.45, 7) is 13.0. The van der Waals surface area contributed by atoms with Crippen molar-refractivity contribution in [2.75, 3.05) is 6.54 Å². The molecule has 1 heterocycles. The van der Waals surface area contributed by atoms with Gasteiger partial charge in [-0.1, -0.05) is 41.5 Å². The number of nitrogens with one attached hydrogen (secondary N) is 3. The van der Waals surface area contributed by atoms with Gasteiger partial charge in [0.25, 0.3) is 5.91 Å². The number of carbonyl (C=O) groups excluding carboxylic acids is 4. The zero-order valence-electron chi connectivity index (χ0n) is 18.2. The molecule has 8 heteroatoms. The van der Waals surface area contributed by atoms with E-state index < -0.39 is 18.0 Å². The lowest BCUT2D eigenvalue weighted by molar-refractivity contribution is -0.143. The lowest BCUT2D eigenvalue weighted by Crippen LogP contribution is -2.61. The van der Waals surface area contributed by atoms with Crippen molar-refractivity contribution in [3.63, 3.8) is 0 Å². The van der Waals surface area contributed by atoms with Crippen LogP contribution in [0.1, 0.15) is 61.3 Å². The summed E-state index contributed by atoms with van der Waals surface area (Å²) in [5.74, 6) is -1.29. The largest absolute Gasteiger partial charge is 0.344 e. The Kier molecular flexibility index (Phi) is 9.07. The summed E-state index contributed by atoms with van der Waals surface area (Å²) in [5.41, 5.74) is 3.00. The first-order valence-electron chi connectivity index (χ1n) is 10.2. The Balaban J connectivity index is 2.72. The first kappa shape index (κ1) is 24.1. The molecule has 0 aromatic heterocycles. The van der Waals surface area contributed by atoms with Gasteiger partial charge >= 0.3 is 0 Å². The maximum absolute atomic E-state index is 12.7. The summed E-state index contributed by atoms with van der Waals surface area (Å²) in [6.07, 6.45) is 1.42. The van der Waals surface area contributed by atoms with E-state index in [-0.39, 0.29) is 41.4 Å². The zero-order chi connectivity index (χ0) is 21.6. The van der Waals surface area contributed by atoms with Crippen molar-refractivity contribution in [3.05, 3.63) is 0 Å². The highest BCUT2D eigenvalue weighted by Crippen LogP contribution is 2.13. The minimum absolute atomic E-state index is 0.0745. The first-order chi connectivity index (χ1) is 13.0. The van der Waals surface area contributed by atoms with Crippen molar-refractivity contribution < 1.29 is 19.2 Å². The minimum Gasteiger partial charge on any atom is -0.344 e. The number of rotatable bonds is 8. The molecular formula is C20H36N4O4. The molecule has 0 spiro atoms. The Hall–Kier alpha value is -1.96. The Bertz CT molecular complexity index is 589. The van der Waals surface area contributed by atoms with E-state index in [9.17, 15) is 19.2 Å². The van der Waals surface area contributed by atoms with Crippen molar-refractivity contribution >= 4 is 23.5 Å². The zero-order valence-corrected chi connectivity index (χ0v) is 18.2. The van der Waals surface area contributed by atoms with Crippen molar-refractivity contribution in [1.82, 2.24) is 21.1 Å². The predicted octanol–water partition coefficient (Wildman–Crippen LogP) is 1.01. The molecule has 8 nitrogen and oxygen atoms in total. The summed E-state index contributed by atoms with van der Waals surface area (Å²) in [5, 5.41) is 6.86. The SMILES string of the molecule is CC(C)C(=O)NC(C(=O)NC(C)C(=O)N1CCC[C@@H](C(=O)C(C)C)N1)C(C)C. The molecule has 1 aliphatic rings. The predicted molar refractivity (Wildman–Crippen MR) is 107 cm³/mol. The second-order valence-corrected chi connectivity index (χ2v) is 8.49. The molecule has 28 heavy (non-hydrogen) atoms. The van der Waals surface area contributed by atoms with Gasteiger partial charge in [0.2, 0.25) is 11.8 Å². The summed E-state index contributed by atoms with van der Waals surface area (Å²) in [4.78, 5) is 49.6. The average molecular weight is 397 g/mol. The number of ketones is 1. The number of nitrogens with zero attached hydrogens (tertiary/aromatic N) is 1. The van der Waals surface area contributed by atoms with E-state index in [2.05, 4.69) is 16.1 Å². The van der Waals surface area contributed by atoms with Crippen molar-refractivity contribution in [2.45, 2.75) is 79.4 Å². The molecule has 3 atom stereocenters. The van der Waals surface area contributed by atoms with Crippen LogP contribution >= 0.6 is 0 Å². The van der Waals surface area contributed by atoms with Crippen LogP contribution < -0.4 is 16.1 Å². The van der Waals surface area contributed by atoms with E-state index in [1.165, 1.54) is 5.01 Å². The number of Topliss-reactive ketones (excluding diaryl/α,β-unsaturated/α-hetero) is 1. The molecule has 1 rings (SSSR count). The van der Waals surface area contributed by atoms with Crippen LogP contribution in [0.3, 0.4) is 0 Å². The first-order valence-corrected chi connectivity index (χ1v) is 10.2. The second-order valence-electron chi connectivity index (χ2n) is 8.49. The summed E-state index contributed by atoms with van der Waals surface area (Å²) in [7, 11) is 0. The monoisotopic (exact) mass is 396 g/mol. The van der Waals surface area contributed by atoms with Gasteiger partial charge in [-0.05, 0) is 25.7 Å². The van der Waals surface area contributed by atoms with E-state index in [1.807, 2.05) is 27.7 Å². The number of hydrogen-bond donors (Lipinski definition) is 3.